The van der Waals surface area contributed by atoms with Crippen LogP contribution < -0.4 is 10.2 Å². The van der Waals surface area contributed by atoms with Crippen molar-refractivity contribution in [1.82, 2.24) is 5.32 Å². The molecule has 24 heavy (non-hydrogen) atoms. The zero-order valence-corrected chi connectivity index (χ0v) is 13.2. The molecule has 0 spiro atoms. The highest BCUT2D eigenvalue weighted by Crippen LogP contribution is 2.23. The van der Waals surface area contributed by atoms with Gasteiger partial charge >= 0.3 is 5.97 Å². The van der Waals surface area contributed by atoms with Crippen LogP contribution in [0.2, 0.25) is 0 Å². The fourth-order valence-corrected chi connectivity index (χ4v) is 3.15. The molecule has 2 fully saturated rings. The van der Waals surface area contributed by atoms with Gasteiger partial charge in [-0.05, 0) is 37.8 Å². The Balaban J connectivity index is 1.62. The van der Waals surface area contributed by atoms with Crippen LogP contribution in [0.1, 0.15) is 25.7 Å². The Morgan fingerprint density at radius 3 is 2.50 bits per heavy atom. The van der Waals surface area contributed by atoms with E-state index in [0.717, 1.165) is 12.1 Å². The number of carboxylic acids is 1. The lowest BCUT2D eigenvalue weighted by Crippen LogP contribution is -2.54. The second-order valence-electron chi connectivity index (χ2n) is 6.06. The summed E-state index contributed by atoms with van der Waals surface area (Å²) in [5.41, 5.74) is 0.810. The maximum absolute atomic E-state index is 12.6. The van der Waals surface area contributed by atoms with Gasteiger partial charge in [-0.25, -0.2) is 4.79 Å². The molecule has 3 rings (SSSR count). The van der Waals surface area contributed by atoms with Crippen molar-refractivity contribution in [3.05, 3.63) is 30.3 Å². The van der Waals surface area contributed by atoms with E-state index < -0.39 is 30.1 Å². The average Bonchev–Trinajstić information content (AvgIpc) is 3.08. The van der Waals surface area contributed by atoms with Crippen molar-refractivity contribution in [1.29, 1.82) is 0 Å². The average molecular weight is 332 g/mol. The third-order valence-corrected chi connectivity index (χ3v) is 4.41. The fourth-order valence-electron chi connectivity index (χ4n) is 3.15. The Morgan fingerprint density at radius 2 is 1.83 bits per heavy atom. The normalized spacial score (nSPS) is 27.1. The Kier molecular flexibility index (Phi) is 4.80. The summed E-state index contributed by atoms with van der Waals surface area (Å²) in [5, 5.41) is 11.6. The van der Waals surface area contributed by atoms with E-state index in [0.29, 0.717) is 25.8 Å². The Hall–Kier alpha value is -2.41. The predicted octanol–water partition coefficient (Wildman–Crippen LogP) is 0.930. The first-order valence-electron chi connectivity index (χ1n) is 8.11. The van der Waals surface area contributed by atoms with E-state index in [9.17, 15) is 14.4 Å². The van der Waals surface area contributed by atoms with E-state index >= 15 is 0 Å². The van der Waals surface area contributed by atoms with Gasteiger partial charge in [-0.2, -0.15) is 0 Å². The second-order valence-corrected chi connectivity index (χ2v) is 6.06. The van der Waals surface area contributed by atoms with Gasteiger partial charge in [0.15, 0.2) is 6.10 Å². The molecule has 1 aromatic rings. The summed E-state index contributed by atoms with van der Waals surface area (Å²) in [6.07, 6.45) is 0.279. The van der Waals surface area contributed by atoms with Crippen molar-refractivity contribution in [3.63, 3.8) is 0 Å². The van der Waals surface area contributed by atoms with Crippen molar-refractivity contribution < 1.29 is 24.2 Å². The fraction of sp³-hybridized carbons (Fsp3) is 0.471. The van der Waals surface area contributed by atoms with Crippen LogP contribution in [0.4, 0.5) is 5.69 Å². The van der Waals surface area contributed by atoms with E-state index in [1.54, 1.807) is 4.90 Å². The van der Waals surface area contributed by atoms with Crippen LogP contribution in [-0.4, -0.2) is 47.7 Å². The minimum absolute atomic E-state index is 0.145. The summed E-state index contributed by atoms with van der Waals surface area (Å²) in [5.74, 6) is -1.62. The topological polar surface area (TPSA) is 95.9 Å². The third-order valence-electron chi connectivity index (χ3n) is 4.41. The molecule has 2 amide bonds. The number of hydrogen-bond acceptors (Lipinski definition) is 4. The van der Waals surface area contributed by atoms with Gasteiger partial charge in [-0.15, -0.1) is 0 Å². The summed E-state index contributed by atoms with van der Waals surface area (Å²) in [6.45, 7) is 0.621. The predicted molar refractivity (Wildman–Crippen MR) is 85.5 cm³/mol. The molecule has 1 aromatic carbocycles. The number of carboxylic acid groups (broad SMARTS) is 1. The van der Waals surface area contributed by atoms with Crippen molar-refractivity contribution >= 4 is 23.5 Å². The lowest BCUT2D eigenvalue weighted by molar-refractivity contribution is -0.152. The van der Waals surface area contributed by atoms with Gasteiger partial charge in [0, 0.05) is 12.2 Å². The number of piperidine rings is 1. The van der Waals surface area contributed by atoms with E-state index in [1.807, 2.05) is 30.3 Å². The van der Waals surface area contributed by atoms with Gasteiger partial charge in [0.2, 0.25) is 11.8 Å². The van der Waals surface area contributed by atoms with Gasteiger partial charge in [-0.1, -0.05) is 18.2 Å². The lowest BCUT2D eigenvalue weighted by Gasteiger charge is -2.33. The number of aliphatic carboxylic acids is 1. The number of hydrogen-bond donors (Lipinski definition) is 2. The first-order valence-corrected chi connectivity index (χ1v) is 8.11. The number of amides is 2. The number of para-hydroxylation sites is 1. The van der Waals surface area contributed by atoms with Crippen LogP contribution in [0.3, 0.4) is 0 Å². The monoisotopic (exact) mass is 332 g/mol. The van der Waals surface area contributed by atoms with Crippen molar-refractivity contribution in [3.8, 4) is 0 Å². The van der Waals surface area contributed by atoms with E-state index in [4.69, 9.17) is 9.84 Å². The molecule has 128 valence electrons. The van der Waals surface area contributed by atoms with Gasteiger partial charge < -0.3 is 20.1 Å². The van der Waals surface area contributed by atoms with Crippen LogP contribution in [0.15, 0.2) is 30.3 Å². The molecule has 2 aliphatic rings. The number of nitrogens with zero attached hydrogens (tertiary/aromatic N) is 1. The lowest BCUT2D eigenvalue weighted by atomic mass is 10.0. The molecule has 2 aliphatic heterocycles. The van der Waals surface area contributed by atoms with Crippen LogP contribution >= 0.6 is 0 Å². The molecular formula is C17H20N2O5. The summed E-state index contributed by atoms with van der Waals surface area (Å²) in [7, 11) is 0. The molecular weight excluding hydrogens is 312 g/mol. The highest BCUT2D eigenvalue weighted by Gasteiger charge is 2.37. The molecule has 0 aromatic heterocycles. The largest absolute Gasteiger partial charge is 0.479 e. The zero-order valence-electron chi connectivity index (χ0n) is 13.2. The summed E-state index contributed by atoms with van der Waals surface area (Å²) in [4.78, 5) is 37.5. The maximum atomic E-state index is 12.6. The first-order chi connectivity index (χ1) is 11.6. The van der Waals surface area contributed by atoms with Crippen LogP contribution in [-0.2, 0) is 19.1 Å². The Morgan fingerprint density at radius 1 is 1.12 bits per heavy atom. The molecule has 2 saturated heterocycles. The molecule has 0 bridgehead atoms. The van der Waals surface area contributed by atoms with E-state index in [2.05, 4.69) is 5.32 Å². The standard InChI is InChI=1S/C17H20N2O5/c20-15(13-8-9-14(24-13)17(22)23)18-12-7-4-10-19(16(12)21)11-5-2-1-3-6-11/h1-3,5-6,12-14H,4,7-10H2,(H,18,20)(H,22,23)/t12?,13-,14+/m0/s1. The van der Waals surface area contributed by atoms with Crippen molar-refractivity contribution in [2.75, 3.05) is 11.4 Å². The number of benzene rings is 1. The van der Waals surface area contributed by atoms with Gasteiger partial charge in [0.05, 0.1) is 0 Å². The van der Waals surface area contributed by atoms with Crippen molar-refractivity contribution in [2.45, 2.75) is 43.9 Å². The second kappa shape index (κ2) is 7.00. The molecule has 0 aliphatic carbocycles. The molecule has 2 heterocycles. The van der Waals surface area contributed by atoms with Crippen LogP contribution in [0.5, 0.6) is 0 Å². The van der Waals surface area contributed by atoms with E-state index in [1.165, 1.54) is 0 Å². The Bertz CT molecular complexity index is 633. The molecule has 7 heteroatoms. The zero-order chi connectivity index (χ0) is 17.1. The quantitative estimate of drug-likeness (QED) is 0.855. The number of anilines is 1. The molecule has 7 nitrogen and oxygen atoms in total. The molecule has 2 N–H and O–H groups in total. The van der Waals surface area contributed by atoms with Gasteiger partial charge in [-0.3, -0.25) is 9.59 Å². The number of rotatable bonds is 4. The van der Waals surface area contributed by atoms with Gasteiger partial charge in [0.25, 0.3) is 0 Å². The first kappa shape index (κ1) is 16.4. The van der Waals surface area contributed by atoms with E-state index in [-0.39, 0.29) is 5.91 Å². The smallest absolute Gasteiger partial charge is 0.332 e. The number of carbonyl (C=O) groups excluding carboxylic acids is 2. The van der Waals surface area contributed by atoms with Gasteiger partial charge in [0.1, 0.15) is 12.1 Å². The van der Waals surface area contributed by atoms with Crippen LogP contribution in [0, 0.1) is 0 Å². The summed E-state index contributed by atoms with van der Waals surface area (Å²) in [6, 6.07) is 8.73. The minimum Gasteiger partial charge on any atom is -0.479 e. The highest BCUT2D eigenvalue weighted by molar-refractivity contribution is 6.00. The SMILES string of the molecule is O=C(NC1CCCN(c2ccccc2)C1=O)[C@@H]1CC[C@H](C(=O)O)O1. The van der Waals surface area contributed by atoms with Crippen LogP contribution in [0.25, 0.3) is 0 Å². The summed E-state index contributed by atoms with van der Waals surface area (Å²) < 4.78 is 5.24. The summed E-state index contributed by atoms with van der Waals surface area (Å²) >= 11 is 0. The molecule has 0 saturated carbocycles. The third kappa shape index (κ3) is 3.41. The number of nitrogens with one attached hydrogen (secondary N) is 1. The Labute approximate surface area is 139 Å². The minimum atomic E-state index is -1.06. The van der Waals surface area contributed by atoms with Crippen molar-refractivity contribution in [2.24, 2.45) is 0 Å². The molecule has 0 radical (unpaired) electrons. The number of ether oxygens (including phenoxy) is 1. The highest BCUT2D eigenvalue weighted by atomic mass is 16.5. The number of carbonyl (C=O) groups is 3. The maximum Gasteiger partial charge on any atom is 0.332 e. The molecule has 3 atom stereocenters. The molecule has 1 unspecified atom stereocenters.